The molecule has 0 spiro atoms. The van der Waals surface area contributed by atoms with Gasteiger partial charge in [0, 0.05) is 17.7 Å². The Bertz CT molecular complexity index is 895. The molecule has 7 heteroatoms. The van der Waals surface area contributed by atoms with Crippen LogP contribution in [-0.2, 0) is 4.79 Å². The molecule has 2 N–H and O–H groups in total. The van der Waals surface area contributed by atoms with Crippen molar-refractivity contribution in [1.29, 1.82) is 0 Å². The molecule has 0 saturated carbocycles. The highest BCUT2D eigenvalue weighted by molar-refractivity contribution is 5.97. The first kappa shape index (κ1) is 20.4. The molecular formula is C22H25N3O4. The number of anilines is 1. The standard InChI is InChI=1S/C22H25N3O4/c1-2-3-4-5-9-21(26)24-18-8-6-7-17(13-18)22(27)25-23-14-16-10-11-19-20(12-16)29-15-28-19/h6-8,10-14H,2-5,9,15H2,1H3,(H,24,26)(H,25,27). The van der Waals surface area contributed by atoms with Gasteiger partial charge in [0.05, 0.1) is 6.21 Å². The van der Waals surface area contributed by atoms with Crippen LogP contribution >= 0.6 is 0 Å². The summed E-state index contributed by atoms with van der Waals surface area (Å²) in [5, 5.41) is 6.82. The number of benzene rings is 2. The summed E-state index contributed by atoms with van der Waals surface area (Å²) >= 11 is 0. The lowest BCUT2D eigenvalue weighted by Crippen LogP contribution is -2.18. The lowest BCUT2D eigenvalue weighted by molar-refractivity contribution is -0.116. The van der Waals surface area contributed by atoms with E-state index in [4.69, 9.17) is 9.47 Å². The molecule has 2 amide bonds. The van der Waals surface area contributed by atoms with Crippen molar-refractivity contribution in [3.05, 3.63) is 53.6 Å². The number of hydrogen-bond donors (Lipinski definition) is 2. The molecule has 0 aromatic heterocycles. The number of hydrogen-bond acceptors (Lipinski definition) is 5. The zero-order chi connectivity index (χ0) is 20.5. The van der Waals surface area contributed by atoms with E-state index in [2.05, 4.69) is 22.8 Å². The van der Waals surface area contributed by atoms with Crippen LogP contribution in [0.1, 0.15) is 54.9 Å². The predicted octanol–water partition coefficient (Wildman–Crippen LogP) is 4.09. The van der Waals surface area contributed by atoms with Gasteiger partial charge in [-0.05, 0) is 48.4 Å². The van der Waals surface area contributed by atoms with Crippen molar-refractivity contribution in [3.8, 4) is 11.5 Å². The molecule has 1 aliphatic heterocycles. The Morgan fingerprint density at radius 3 is 2.79 bits per heavy atom. The summed E-state index contributed by atoms with van der Waals surface area (Å²) in [5.41, 5.74) is 4.28. The van der Waals surface area contributed by atoms with Gasteiger partial charge in [-0.15, -0.1) is 0 Å². The summed E-state index contributed by atoms with van der Waals surface area (Å²) in [6.45, 7) is 2.34. The van der Waals surface area contributed by atoms with Gasteiger partial charge in [-0.2, -0.15) is 5.10 Å². The van der Waals surface area contributed by atoms with Crippen LogP contribution in [0.15, 0.2) is 47.6 Å². The molecule has 0 aliphatic carbocycles. The highest BCUT2D eigenvalue weighted by Gasteiger charge is 2.12. The molecule has 0 radical (unpaired) electrons. The molecule has 7 nitrogen and oxygen atoms in total. The number of carbonyl (C=O) groups excluding carboxylic acids is 2. The van der Waals surface area contributed by atoms with Gasteiger partial charge in [0.1, 0.15) is 0 Å². The van der Waals surface area contributed by atoms with E-state index in [1.807, 2.05) is 6.07 Å². The molecule has 152 valence electrons. The van der Waals surface area contributed by atoms with Gasteiger partial charge in [0.25, 0.3) is 5.91 Å². The monoisotopic (exact) mass is 395 g/mol. The van der Waals surface area contributed by atoms with E-state index in [1.165, 1.54) is 6.21 Å². The molecule has 2 aromatic carbocycles. The molecule has 1 heterocycles. The van der Waals surface area contributed by atoms with Crippen LogP contribution in [0.5, 0.6) is 11.5 Å². The van der Waals surface area contributed by atoms with Gasteiger partial charge < -0.3 is 14.8 Å². The van der Waals surface area contributed by atoms with Crippen LogP contribution in [-0.4, -0.2) is 24.8 Å². The second-order valence-electron chi connectivity index (χ2n) is 6.75. The van der Waals surface area contributed by atoms with E-state index in [0.29, 0.717) is 29.2 Å². The summed E-state index contributed by atoms with van der Waals surface area (Å²) < 4.78 is 10.6. The van der Waals surface area contributed by atoms with Crippen LogP contribution in [0.3, 0.4) is 0 Å². The first-order chi connectivity index (χ1) is 14.2. The van der Waals surface area contributed by atoms with Gasteiger partial charge in [-0.3, -0.25) is 9.59 Å². The van der Waals surface area contributed by atoms with Crippen LogP contribution in [0, 0.1) is 0 Å². The minimum atomic E-state index is -0.360. The SMILES string of the molecule is CCCCCCC(=O)Nc1cccc(C(=O)NN=Cc2ccc3c(c2)OCO3)c1. The smallest absolute Gasteiger partial charge is 0.271 e. The zero-order valence-electron chi connectivity index (χ0n) is 16.4. The predicted molar refractivity (Wildman–Crippen MR) is 111 cm³/mol. The van der Waals surface area contributed by atoms with Crippen LogP contribution in [0.25, 0.3) is 0 Å². The molecule has 2 aromatic rings. The summed E-state index contributed by atoms with van der Waals surface area (Å²) in [4.78, 5) is 24.3. The van der Waals surface area contributed by atoms with Crippen molar-refractivity contribution in [1.82, 2.24) is 5.43 Å². The minimum absolute atomic E-state index is 0.0421. The third kappa shape index (κ3) is 6.07. The average Bonchev–Trinajstić information content (AvgIpc) is 3.19. The normalized spacial score (nSPS) is 12.2. The third-order valence-corrected chi connectivity index (χ3v) is 4.44. The number of nitrogens with one attached hydrogen (secondary N) is 2. The van der Waals surface area contributed by atoms with Gasteiger partial charge in [-0.25, -0.2) is 5.43 Å². The summed E-state index contributed by atoms with van der Waals surface area (Å²) in [5.74, 6) is 0.939. The van der Waals surface area contributed by atoms with Crippen molar-refractivity contribution in [2.45, 2.75) is 39.0 Å². The maximum absolute atomic E-state index is 12.3. The second-order valence-corrected chi connectivity index (χ2v) is 6.75. The number of nitrogens with zero attached hydrogens (tertiary/aromatic N) is 1. The first-order valence-electron chi connectivity index (χ1n) is 9.78. The van der Waals surface area contributed by atoms with E-state index >= 15 is 0 Å². The largest absolute Gasteiger partial charge is 0.454 e. The molecule has 29 heavy (non-hydrogen) atoms. The zero-order valence-corrected chi connectivity index (χ0v) is 16.4. The number of unbranched alkanes of at least 4 members (excludes halogenated alkanes) is 3. The Balaban J connectivity index is 1.51. The average molecular weight is 395 g/mol. The molecule has 0 fully saturated rings. The van der Waals surface area contributed by atoms with Crippen molar-refractivity contribution in [2.24, 2.45) is 5.10 Å². The van der Waals surface area contributed by atoms with Gasteiger partial charge in [-0.1, -0.05) is 32.3 Å². The summed E-state index contributed by atoms with van der Waals surface area (Å²) in [6, 6.07) is 12.2. The number of hydrazone groups is 1. The Morgan fingerprint density at radius 2 is 1.93 bits per heavy atom. The highest BCUT2D eigenvalue weighted by Crippen LogP contribution is 2.31. The number of carbonyl (C=O) groups is 2. The van der Waals surface area contributed by atoms with Crippen LogP contribution in [0.2, 0.25) is 0 Å². The maximum atomic E-state index is 12.3. The quantitative estimate of drug-likeness (QED) is 0.380. The molecule has 0 saturated heterocycles. The van der Waals surface area contributed by atoms with Crippen molar-refractivity contribution < 1.29 is 19.1 Å². The first-order valence-corrected chi connectivity index (χ1v) is 9.78. The van der Waals surface area contributed by atoms with E-state index < -0.39 is 0 Å². The van der Waals surface area contributed by atoms with E-state index in [9.17, 15) is 9.59 Å². The van der Waals surface area contributed by atoms with Crippen molar-refractivity contribution in [3.63, 3.8) is 0 Å². The van der Waals surface area contributed by atoms with E-state index in [1.54, 1.807) is 36.4 Å². The Kier molecular flexibility index (Phi) is 7.22. The Labute approximate surface area is 170 Å². The number of rotatable bonds is 9. The minimum Gasteiger partial charge on any atom is -0.454 e. The molecular weight excluding hydrogens is 370 g/mol. The Morgan fingerprint density at radius 1 is 1.07 bits per heavy atom. The van der Waals surface area contributed by atoms with E-state index in [-0.39, 0.29) is 18.6 Å². The summed E-state index contributed by atoms with van der Waals surface area (Å²) in [7, 11) is 0. The van der Waals surface area contributed by atoms with E-state index in [0.717, 1.165) is 31.2 Å². The van der Waals surface area contributed by atoms with Crippen LogP contribution < -0.4 is 20.2 Å². The van der Waals surface area contributed by atoms with Crippen LogP contribution in [0.4, 0.5) is 5.69 Å². The lowest BCUT2D eigenvalue weighted by Gasteiger charge is -2.07. The lowest BCUT2D eigenvalue weighted by atomic mass is 10.1. The molecule has 0 bridgehead atoms. The topological polar surface area (TPSA) is 89.0 Å². The van der Waals surface area contributed by atoms with Crippen molar-refractivity contribution >= 4 is 23.7 Å². The van der Waals surface area contributed by atoms with Gasteiger partial charge >= 0.3 is 0 Å². The second kappa shape index (κ2) is 10.3. The molecule has 0 unspecified atom stereocenters. The third-order valence-electron chi connectivity index (χ3n) is 4.44. The fraction of sp³-hybridized carbons (Fsp3) is 0.318. The highest BCUT2D eigenvalue weighted by atomic mass is 16.7. The molecule has 1 aliphatic rings. The number of ether oxygens (including phenoxy) is 2. The number of fused-ring (bicyclic) bond motifs is 1. The van der Waals surface area contributed by atoms with Crippen molar-refractivity contribution in [2.75, 3.05) is 12.1 Å². The molecule has 0 atom stereocenters. The van der Waals surface area contributed by atoms with Gasteiger partial charge in [0.15, 0.2) is 11.5 Å². The van der Waals surface area contributed by atoms with Gasteiger partial charge in [0.2, 0.25) is 12.7 Å². The maximum Gasteiger partial charge on any atom is 0.271 e. The number of amides is 2. The molecule has 3 rings (SSSR count). The summed E-state index contributed by atoms with van der Waals surface area (Å²) in [6.07, 6.45) is 6.20. The fourth-order valence-corrected chi connectivity index (χ4v) is 2.90. The fourth-order valence-electron chi connectivity index (χ4n) is 2.90. The Hall–Kier alpha value is -3.35.